The maximum Gasteiger partial charge on any atom is 0.339 e. The molecule has 0 saturated heterocycles. The van der Waals surface area contributed by atoms with Gasteiger partial charge in [-0.25, -0.2) is 9.78 Å². The van der Waals surface area contributed by atoms with Crippen molar-refractivity contribution in [3.63, 3.8) is 0 Å². The number of nitrogens with one attached hydrogen (secondary N) is 1. The molecule has 3 aromatic rings. The van der Waals surface area contributed by atoms with Gasteiger partial charge in [-0.05, 0) is 44.0 Å². The number of pyridine rings is 1. The van der Waals surface area contributed by atoms with Crippen LogP contribution in [0.25, 0.3) is 22.4 Å². The summed E-state index contributed by atoms with van der Waals surface area (Å²) in [7, 11) is 0. The van der Waals surface area contributed by atoms with Crippen LogP contribution < -0.4 is 5.32 Å². The largest absolute Gasteiger partial charge is 0.460 e. The predicted octanol–water partition coefficient (Wildman–Crippen LogP) is 5.19. The molecular weight excluding hydrogens is 392 g/mol. The quantitative estimate of drug-likeness (QED) is 0.575. The van der Waals surface area contributed by atoms with E-state index in [4.69, 9.17) is 9.15 Å². The molecule has 0 bridgehead atoms. The molecule has 1 saturated carbocycles. The van der Waals surface area contributed by atoms with Crippen molar-refractivity contribution in [3.8, 4) is 11.5 Å². The average molecular weight is 421 g/mol. The van der Waals surface area contributed by atoms with Gasteiger partial charge < -0.3 is 14.5 Å². The second kappa shape index (κ2) is 9.77. The number of carbonyl (C=O) groups excluding carboxylic acids is 2. The third kappa shape index (κ3) is 5.32. The number of furan rings is 1. The molecule has 0 radical (unpaired) electrons. The predicted molar refractivity (Wildman–Crippen MR) is 119 cm³/mol. The number of aryl methyl sites for hydroxylation is 1. The minimum absolute atomic E-state index is 0.169. The van der Waals surface area contributed by atoms with Crippen LogP contribution in [0, 0.1) is 6.92 Å². The molecule has 0 atom stereocenters. The standard InChI is InChI=1S/C25H28N2O4/c1-17-13-14-23(31-17)22-15-20(19-11-7-8-12-21(19)27-22)25(29)30-16-24(28)26-18-9-5-3-2-4-6-10-18/h7-8,11-15,18H,2-6,9-10,16H2,1H3,(H,26,28). The van der Waals surface area contributed by atoms with Gasteiger partial charge in [0.2, 0.25) is 0 Å². The second-order valence-corrected chi connectivity index (χ2v) is 8.17. The van der Waals surface area contributed by atoms with Crippen LogP contribution in [-0.4, -0.2) is 29.5 Å². The normalized spacial score (nSPS) is 15.3. The number of carbonyl (C=O) groups is 2. The number of benzene rings is 1. The number of nitrogens with zero attached hydrogens (tertiary/aromatic N) is 1. The zero-order valence-corrected chi connectivity index (χ0v) is 17.9. The molecule has 6 heteroatoms. The van der Waals surface area contributed by atoms with Crippen molar-refractivity contribution in [3.05, 3.63) is 53.8 Å². The highest BCUT2D eigenvalue weighted by molar-refractivity contribution is 6.05. The van der Waals surface area contributed by atoms with Crippen molar-refractivity contribution in [1.82, 2.24) is 10.3 Å². The molecule has 1 fully saturated rings. The van der Waals surface area contributed by atoms with Gasteiger partial charge in [0.25, 0.3) is 5.91 Å². The molecule has 31 heavy (non-hydrogen) atoms. The molecule has 1 aliphatic rings. The minimum Gasteiger partial charge on any atom is -0.460 e. The van der Waals surface area contributed by atoms with E-state index < -0.39 is 5.97 Å². The molecular formula is C25H28N2O4. The topological polar surface area (TPSA) is 81.4 Å². The molecule has 0 spiro atoms. The Labute approximate surface area is 182 Å². The smallest absolute Gasteiger partial charge is 0.339 e. The van der Waals surface area contributed by atoms with E-state index in [9.17, 15) is 9.59 Å². The number of amides is 1. The fraction of sp³-hybridized carbons (Fsp3) is 0.400. The zero-order chi connectivity index (χ0) is 21.6. The van der Waals surface area contributed by atoms with Crippen LogP contribution in [-0.2, 0) is 9.53 Å². The molecule has 2 heterocycles. The van der Waals surface area contributed by atoms with E-state index in [1.807, 2.05) is 43.3 Å². The van der Waals surface area contributed by atoms with Crippen LogP contribution in [0.5, 0.6) is 0 Å². The molecule has 6 nitrogen and oxygen atoms in total. The summed E-state index contributed by atoms with van der Waals surface area (Å²) in [4.78, 5) is 29.9. The lowest BCUT2D eigenvalue weighted by molar-refractivity contribution is -0.125. The van der Waals surface area contributed by atoms with Crippen molar-refractivity contribution in [2.24, 2.45) is 0 Å². The Hall–Kier alpha value is -3.15. The van der Waals surface area contributed by atoms with Gasteiger partial charge in [-0.1, -0.05) is 50.3 Å². The van der Waals surface area contributed by atoms with Crippen LogP contribution in [0.15, 0.2) is 46.9 Å². The average Bonchev–Trinajstić information content (AvgIpc) is 3.19. The monoisotopic (exact) mass is 420 g/mol. The van der Waals surface area contributed by atoms with Crippen LogP contribution >= 0.6 is 0 Å². The highest BCUT2D eigenvalue weighted by atomic mass is 16.5. The number of rotatable bonds is 5. The van der Waals surface area contributed by atoms with Gasteiger partial charge in [-0.3, -0.25) is 4.79 Å². The summed E-state index contributed by atoms with van der Waals surface area (Å²) >= 11 is 0. The van der Waals surface area contributed by atoms with E-state index in [1.165, 1.54) is 19.3 Å². The van der Waals surface area contributed by atoms with Crippen molar-refractivity contribution in [2.45, 2.75) is 57.9 Å². The Morgan fingerprint density at radius 1 is 1.06 bits per heavy atom. The maximum absolute atomic E-state index is 12.9. The minimum atomic E-state index is -0.545. The van der Waals surface area contributed by atoms with Crippen molar-refractivity contribution in [1.29, 1.82) is 0 Å². The zero-order valence-electron chi connectivity index (χ0n) is 17.9. The summed E-state index contributed by atoms with van der Waals surface area (Å²) in [5.41, 5.74) is 1.59. The lowest BCUT2D eigenvalue weighted by atomic mass is 9.97. The summed E-state index contributed by atoms with van der Waals surface area (Å²) in [5, 5.41) is 3.71. The van der Waals surface area contributed by atoms with Gasteiger partial charge in [0.15, 0.2) is 12.4 Å². The van der Waals surface area contributed by atoms with Crippen LogP contribution in [0.3, 0.4) is 0 Å². The fourth-order valence-corrected chi connectivity index (χ4v) is 4.12. The summed E-state index contributed by atoms with van der Waals surface area (Å²) in [6, 6.07) is 12.9. The first-order chi connectivity index (χ1) is 15.1. The van der Waals surface area contributed by atoms with E-state index in [-0.39, 0.29) is 18.6 Å². The molecule has 0 aliphatic heterocycles. The Morgan fingerprint density at radius 3 is 2.55 bits per heavy atom. The van der Waals surface area contributed by atoms with E-state index in [1.54, 1.807) is 6.07 Å². The molecule has 162 valence electrons. The van der Waals surface area contributed by atoms with Gasteiger partial charge in [0.1, 0.15) is 11.5 Å². The highest BCUT2D eigenvalue weighted by Crippen LogP contribution is 2.26. The van der Waals surface area contributed by atoms with Crippen molar-refractivity contribution < 1.29 is 18.7 Å². The number of para-hydroxylation sites is 1. The van der Waals surface area contributed by atoms with Gasteiger partial charge in [0, 0.05) is 11.4 Å². The van der Waals surface area contributed by atoms with Crippen LogP contribution in [0.2, 0.25) is 0 Å². The Bertz CT molecular complexity index is 1060. The van der Waals surface area contributed by atoms with E-state index in [2.05, 4.69) is 10.3 Å². The number of hydrogen-bond acceptors (Lipinski definition) is 5. The molecule has 4 rings (SSSR count). The van der Waals surface area contributed by atoms with E-state index in [0.29, 0.717) is 27.9 Å². The second-order valence-electron chi connectivity index (χ2n) is 8.17. The summed E-state index contributed by atoms with van der Waals surface area (Å²) in [5.74, 6) is 0.550. The third-order valence-electron chi connectivity index (χ3n) is 5.73. The van der Waals surface area contributed by atoms with Crippen molar-refractivity contribution >= 4 is 22.8 Å². The third-order valence-corrected chi connectivity index (χ3v) is 5.73. The first-order valence-electron chi connectivity index (χ1n) is 11.0. The maximum atomic E-state index is 12.9. The molecule has 0 unspecified atom stereocenters. The van der Waals surface area contributed by atoms with Crippen LogP contribution in [0.4, 0.5) is 0 Å². The first-order valence-corrected chi connectivity index (χ1v) is 11.0. The highest BCUT2D eigenvalue weighted by Gasteiger charge is 2.19. The lowest BCUT2D eigenvalue weighted by Gasteiger charge is -2.21. The van der Waals surface area contributed by atoms with E-state index in [0.717, 1.165) is 31.4 Å². The van der Waals surface area contributed by atoms with Gasteiger partial charge >= 0.3 is 5.97 Å². The molecule has 1 N–H and O–H groups in total. The Morgan fingerprint density at radius 2 is 1.81 bits per heavy atom. The summed E-state index contributed by atoms with van der Waals surface area (Å²) < 4.78 is 11.1. The Kier molecular flexibility index (Phi) is 6.65. The molecule has 1 aliphatic carbocycles. The van der Waals surface area contributed by atoms with Crippen molar-refractivity contribution in [2.75, 3.05) is 6.61 Å². The summed E-state index contributed by atoms with van der Waals surface area (Å²) in [6.07, 6.45) is 7.94. The Balaban J connectivity index is 1.47. The van der Waals surface area contributed by atoms with Crippen LogP contribution in [0.1, 0.15) is 61.1 Å². The van der Waals surface area contributed by atoms with Gasteiger partial charge in [0.05, 0.1) is 11.1 Å². The first kappa shape index (κ1) is 21.1. The van der Waals surface area contributed by atoms with Gasteiger partial charge in [-0.15, -0.1) is 0 Å². The number of ether oxygens (including phenoxy) is 1. The van der Waals surface area contributed by atoms with E-state index >= 15 is 0 Å². The van der Waals surface area contributed by atoms with Gasteiger partial charge in [-0.2, -0.15) is 0 Å². The number of hydrogen-bond donors (Lipinski definition) is 1. The SMILES string of the molecule is Cc1ccc(-c2cc(C(=O)OCC(=O)NC3CCCCCCC3)c3ccccc3n2)o1. The fourth-order valence-electron chi connectivity index (χ4n) is 4.12. The number of esters is 1. The number of aromatic nitrogens is 1. The lowest BCUT2D eigenvalue weighted by Crippen LogP contribution is -2.38. The number of fused-ring (bicyclic) bond motifs is 1. The molecule has 1 amide bonds. The molecule has 2 aromatic heterocycles. The molecule has 1 aromatic carbocycles. The summed E-state index contributed by atoms with van der Waals surface area (Å²) in [6.45, 7) is 1.57.